The van der Waals surface area contributed by atoms with Crippen molar-refractivity contribution in [1.29, 1.82) is 0 Å². The van der Waals surface area contributed by atoms with Crippen LogP contribution in [-0.4, -0.2) is 9.55 Å². The van der Waals surface area contributed by atoms with E-state index in [1.54, 1.807) is 0 Å². The van der Waals surface area contributed by atoms with Crippen molar-refractivity contribution in [3.8, 4) is 0 Å². The molecule has 12 heavy (non-hydrogen) atoms. The zero-order valence-corrected chi connectivity index (χ0v) is 8.39. The highest BCUT2D eigenvalue weighted by atomic mass is 35.5. The molecule has 3 nitrogen and oxygen atoms in total. The summed E-state index contributed by atoms with van der Waals surface area (Å²) >= 11 is 6.03. The molecule has 2 N–H and O–H groups in total. The summed E-state index contributed by atoms with van der Waals surface area (Å²) in [6.07, 6.45) is 0. The SMILES string of the molecule is CC(C)c1nc(CN)n(C)c1Cl. The molecule has 0 bridgehead atoms. The van der Waals surface area contributed by atoms with Crippen LogP contribution in [0.15, 0.2) is 0 Å². The minimum atomic E-state index is 0.351. The van der Waals surface area contributed by atoms with Gasteiger partial charge in [0, 0.05) is 7.05 Å². The van der Waals surface area contributed by atoms with Gasteiger partial charge in [-0.3, -0.25) is 0 Å². The Balaban J connectivity index is 3.16. The van der Waals surface area contributed by atoms with E-state index in [-0.39, 0.29) is 0 Å². The molecule has 0 aliphatic rings. The first kappa shape index (κ1) is 9.55. The molecule has 0 atom stereocenters. The van der Waals surface area contributed by atoms with Crippen molar-refractivity contribution in [2.75, 3.05) is 0 Å². The van der Waals surface area contributed by atoms with Crippen molar-refractivity contribution < 1.29 is 0 Å². The second kappa shape index (κ2) is 3.46. The van der Waals surface area contributed by atoms with Crippen molar-refractivity contribution in [1.82, 2.24) is 9.55 Å². The summed E-state index contributed by atoms with van der Waals surface area (Å²) in [5, 5.41) is 0.699. The number of hydrogen-bond acceptors (Lipinski definition) is 2. The Morgan fingerprint density at radius 1 is 1.58 bits per heavy atom. The number of hydrogen-bond donors (Lipinski definition) is 1. The summed E-state index contributed by atoms with van der Waals surface area (Å²) in [6, 6.07) is 0. The highest BCUT2D eigenvalue weighted by Gasteiger charge is 2.13. The average molecular weight is 188 g/mol. The van der Waals surface area contributed by atoms with Crippen molar-refractivity contribution in [3.63, 3.8) is 0 Å². The van der Waals surface area contributed by atoms with Crippen LogP contribution >= 0.6 is 11.6 Å². The van der Waals surface area contributed by atoms with Gasteiger partial charge in [0.15, 0.2) is 0 Å². The monoisotopic (exact) mass is 187 g/mol. The first-order valence-electron chi connectivity index (χ1n) is 3.99. The van der Waals surface area contributed by atoms with Crippen LogP contribution < -0.4 is 5.73 Å². The molecule has 4 heteroatoms. The molecule has 0 aliphatic heterocycles. The number of halogens is 1. The Kier molecular flexibility index (Phi) is 2.75. The summed E-state index contributed by atoms with van der Waals surface area (Å²) in [4.78, 5) is 4.33. The van der Waals surface area contributed by atoms with Gasteiger partial charge >= 0.3 is 0 Å². The van der Waals surface area contributed by atoms with Crippen LogP contribution in [0.2, 0.25) is 5.15 Å². The molecule has 0 radical (unpaired) electrons. The summed E-state index contributed by atoms with van der Waals surface area (Å²) in [6.45, 7) is 4.56. The molecular weight excluding hydrogens is 174 g/mol. The first-order valence-corrected chi connectivity index (χ1v) is 4.36. The highest BCUT2D eigenvalue weighted by molar-refractivity contribution is 6.30. The molecule has 1 rings (SSSR count). The zero-order valence-electron chi connectivity index (χ0n) is 7.63. The largest absolute Gasteiger partial charge is 0.324 e. The van der Waals surface area contributed by atoms with Gasteiger partial charge in [-0.1, -0.05) is 25.4 Å². The topological polar surface area (TPSA) is 43.8 Å². The second-order valence-electron chi connectivity index (χ2n) is 3.12. The molecule has 0 aliphatic carbocycles. The minimum Gasteiger partial charge on any atom is -0.324 e. The maximum atomic E-state index is 6.03. The molecule has 0 spiro atoms. The van der Waals surface area contributed by atoms with Crippen molar-refractivity contribution in [3.05, 3.63) is 16.7 Å². The average Bonchev–Trinajstić information content (AvgIpc) is 2.30. The Labute approximate surface area is 77.5 Å². The molecule has 68 valence electrons. The Bertz CT molecular complexity index is 278. The van der Waals surface area contributed by atoms with Crippen LogP contribution in [-0.2, 0) is 13.6 Å². The highest BCUT2D eigenvalue weighted by Crippen LogP contribution is 2.23. The molecule has 0 aromatic carbocycles. The minimum absolute atomic E-state index is 0.351. The second-order valence-corrected chi connectivity index (χ2v) is 3.48. The van der Waals surface area contributed by atoms with E-state index in [0.29, 0.717) is 17.6 Å². The Morgan fingerprint density at radius 3 is 2.42 bits per heavy atom. The van der Waals surface area contributed by atoms with Crippen LogP contribution in [0.1, 0.15) is 31.3 Å². The van der Waals surface area contributed by atoms with E-state index >= 15 is 0 Å². The van der Waals surface area contributed by atoms with Gasteiger partial charge in [-0.2, -0.15) is 0 Å². The summed E-state index contributed by atoms with van der Waals surface area (Å²) in [7, 11) is 1.88. The maximum absolute atomic E-state index is 6.03. The number of aromatic nitrogens is 2. The number of rotatable bonds is 2. The van der Waals surface area contributed by atoms with Crippen LogP contribution in [0, 0.1) is 0 Å². The van der Waals surface area contributed by atoms with Crippen molar-refractivity contribution >= 4 is 11.6 Å². The third kappa shape index (κ3) is 1.47. The molecule has 0 fully saturated rings. The molecular formula is C8H14ClN3. The van der Waals surface area contributed by atoms with E-state index in [4.69, 9.17) is 17.3 Å². The van der Waals surface area contributed by atoms with Gasteiger partial charge in [0.25, 0.3) is 0 Å². The van der Waals surface area contributed by atoms with Gasteiger partial charge in [-0.15, -0.1) is 0 Å². The molecule has 0 unspecified atom stereocenters. The van der Waals surface area contributed by atoms with E-state index in [9.17, 15) is 0 Å². The molecule has 1 heterocycles. The third-order valence-corrected chi connectivity index (χ3v) is 2.32. The van der Waals surface area contributed by atoms with Gasteiger partial charge in [0.05, 0.1) is 12.2 Å². The van der Waals surface area contributed by atoms with Crippen LogP contribution in [0.5, 0.6) is 0 Å². The molecule has 1 aromatic rings. The lowest BCUT2D eigenvalue weighted by atomic mass is 10.2. The van der Waals surface area contributed by atoms with E-state index < -0.39 is 0 Å². The van der Waals surface area contributed by atoms with Gasteiger partial charge < -0.3 is 10.3 Å². The smallest absolute Gasteiger partial charge is 0.132 e. The Hall–Kier alpha value is -0.540. The molecule has 0 amide bonds. The van der Waals surface area contributed by atoms with Crippen molar-refractivity contribution in [2.24, 2.45) is 12.8 Å². The summed E-state index contributed by atoms with van der Waals surface area (Å²) in [5.41, 5.74) is 6.42. The standard InChI is InChI=1S/C8H14ClN3/c1-5(2)7-8(9)12(3)6(4-10)11-7/h5H,4,10H2,1-3H3. The Morgan fingerprint density at radius 2 is 2.17 bits per heavy atom. The van der Waals surface area contributed by atoms with Crippen molar-refractivity contribution in [2.45, 2.75) is 26.3 Å². The van der Waals surface area contributed by atoms with E-state index in [1.807, 2.05) is 11.6 Å². The summed E-state index contributed by atoms with van der Waals surface area (Å²) < 4.78 is 1.83. The number of nitrogens with two attached hydrogens (primary N) is 1. The van der Waals surface area contributed by atoms with E-state index in [0.717, 1.165) is 11.5 Å². The predicted molar refractivity (Wildman–Crippen MR) is 50.2 cm³/mol. The van der Waals surface area contributed by atoms with Crippen LogP contribution in [0.25, 0.3) is 0 Å². The maximum Gasteiger partial charge on any atom is 0.132 e. The fourth-order valence-electron chi connectivity index (χ4n) is 1.10. The fourth-order valence-corrected chi connectivity index (χ4v) is 1.45. The number of nitrogens with zero attached hydrogens (tertiary/aromatic N) is 2. The van der Waals surface area contributed by atoms with Gasteiger partial charge in [-0.05, 0) is 5.92 Å². The van der Waals surface area contributed by atoms with E-state index in [1.165, 1.54) is 0 Å². The van der Waals surface area contributed by atoms with E-state index in [2.05, 4.69) is 18.8 Å². The van der Waals surface area contributed by atoms with Gasteiger partial charge in [0.1, 0.15) is 11.0 Å². The normalized spacial score (nSPS) is 11.2. The molecule has 0 saturated heterocycles. The number of imidazole rings is 1. The summed E-state index contributed by atoms with van der Waals surface area (Å²) in [5.74, 6) is 1.19. The van der Waals surface area contributed by atoms with Crippen LogP contribution in [0.4, 0.5) is 0 Å². The lowest BCUT2D eigenvalue weighted by Gasteiger charge is -2.00. The fraction of sp³-hybridized carbons (Fsp3) is 0.625. The lowest BCUT2D eigenvalue weighted by Crippen LogP contribution is -2.04. The van der Waals surface area contributed by atoms with Gasteiger partial charge in [-0.25, -0.2) is 4.98 Å². The molecule has 0 saturated carbocycles. The lowest BCUT2D eigenvalue weighted by molar-refractivity contribution is 0.791. The third-order valence-electron chi connectivity index (χ3n) is 1.87. The quantitative estimate of drug-likeness (QED) is 0.766. The predicted octanol–water partition coefficient (Wildman–Crippen LogP) is 1.66. The first-order chi connectivity index (χ1) is 5.57. The molecule has 1 aromatic heterocycles. The van der Waals surface area contributed by atoms with Gasteiger partial charge in [0.2, 0.25) is 0 Å². The zero-order chi connectivity index (χ0) is 9.30. The van der Waals surface area contributed by atoms with Crippen LogP contribution in [0.3, 0.4) is 0 Å².